The lowest BCUT2D eigenvalue weighted by atomic mass is 10.2. The maximum atomic E-state index is 14.3. The van der Waals surface area contributed by atoms with Crippen molar-refractivity contribution in [3.05, 3.63) is 15.3 Å². The third kappa shape index (κ3) is 3.45. The van der Waals surface area contributed by atoms with E-state index in [1.165, 1.54) is 0 Å². The van der Waals surface area contributed by atoms with E-state index in [0.29, 0.717) is 0 Å². The molecule has 0 fully saturated rings. The van der Waals surface area contributed by atoms with Crippen LogP contribution in [0, 0.1) is 5.82 Å². The van der Waals surface area contributed by atoms with Crippen molar-refractivity contribution >= 4 is 54.1 Å². The summed E-state index contributed by atoms with van der Waals surface area (Å²) in [6.45, 7) is -0.899. The van der Waals surface area contributed by atoms with E-state index in [0.717, 1.165) is 6.26 Å². The van der Waals surface area contributed by atoms with Gasteiger partial charge in [0.25, 0.3) is 6.43 Å². The minimum Gasteiger partial charge on any atom is -0.505 e. The molecule has 0 saturated carbocycles. The fourth-order valence-corrected chi connectivity index (χ4v) is 2.77. The molecular weight excluding hydrogens is 427 g/mol. The van der Waals surface area contributed by atoms with Crippen LogP contribution in [0.5, 0.6) is 5.75 Å². The Labute approximate surface area is 141 Å². The van der Waals surface area contributed by atoms with E-state index in [1.54, 1.807) is 0 Å². The Morgan fingerprint density at radius 2 is 2.00 bits per heavy atom. The topological polar surface area (TPSA) is 92.2 Å². The molecule has 2 N–H and O–H groups in total. The van der Waals surface area contributed by atoms with Crippen LogP contribution in [0.1, 0.15) is 0 Å². The summed E-state index contributed by atoms with van der Waals surface area (Å²) < 4.78 is 61.9. The SMILES string of the molecule is CS(=O)(=O)c1nc(NCC(F)F)c2c(O)c(Cl)c(Br)c(F)c2n1. The quantitative estimate of drug-likeness (QED) is 0.568. The first-order valence-electron chi connectivity index (χ1n) is 5.83. The number of nitrogens with one attached hydrogen (secondary N) is 1. The number of fused-ring (bicyclic) bond motifs is 1. The molecule has 2 rings (SSSR count). The fraction of sp³-hybridized carbons (Fsp3) is 0.273. The number of alkyl halides is 2. The summed E-state index contributed by atoms with van der Waals surface area (Å²) in [6.07, 6.45) is -2.02. The second-order valence-electron chi connectivity index (χ2n) is 4.41. The van der Waals surface area contributed by atoms with Crippen LogP contribution in [0.15, 0.2) is 9.63 Å². The minimum atomic E-state index is -3.95. The number of aromatic nitrogens is 2. The third-order valence-corrected chi connectivity index (χ3v) is 4.87. The van der Waals surface area contributed by atoms with E-state index < -0.39 is 61.3 Å². The zero-order chi connectivity index (χ0) is 17.5. The fourth-order valence-electron chi connectivity index (χ4n) is 1.70. The van der Waals surface area contributed by atoms with E-state index >= 15 is 0 Å². The number of hydrogen-bond donors (Lipinski definition) is 2. The van der Waals surface area contributed by atoms with Gasteiger partial charge in [0, 0.05) is 6.26 Å². The van der Waals surface area contributed by atoms with Crippen LogP contribution in [0.3, 0.4) is 0 Å². The summed E-state index contributed by atoms with van der Waals surface area (Å²) in [4.78, 5) is 7.12. The molecule has 0 aliphatic heterocycles. The van der Waals surface area contributed by atoms with Gasteiger partial charge >= 0.3 is 0 Å². The highest BCUT2D eigenvalue weighted by molar-refractivity contribution is 9.10. The van der Waals surface area contributed by atoms with Crippen molar-refractivity contribution < 1.29 is 26.7 Å². The number of benzene rings is 1. The third-order valence-electron chi connectivity index (χ3n) is 2.68. The van der Waals surface area contributed by atoms with Gasteiger partial charge in [0.1, 0.15) is 22.1 Å². The lowest BCUT2D eigenvalue weighted by molar-refractivity contribution is 0.163. The summed E-state index contributed by atoms with van der Waals surface area (Å²) in [6, 6.07) is 0. The molecule has 23 heavy (non-hydrogen) atoms. The molecule has 0 saturated heterocycles. The number of aromatic hydroxyl groups is 1. The first kappa shape index (κ1) is 18.0. The highest BCUT2D eigenvalue weighted by Crippen LogP contribution is 2.43. The number of anilines is 1. The molecule has 1 heterocycles. The van der Waals surface area contributed by atoms with Gasteiger partial charge in [-0.15, -0.1) is 0 Å². The van der Waals surface area contributed by atoms with Crippen molar-refractivity contribution in [1.29, 1.82) is 0 Å². The Kier molecular flexibility index (Phi) is 4.92. The summed E-state index contributed by atoms with van der Waals surface area (Å²) in [5.74, 6) is -2.21. The van der Waals surface area contributed by atoms with Crippen molar-refractivity contribution in [3.63, 3.8) is 0 Å². The number of sulfone groups is 1. The maximum Gasteiger partial charge on any atom is 0.255 e. The van der Waals surface area contributed by atoms with E-state index in [-0.39, 0.29) is 4.47 Å². The van der Waals surface area contributed by atoms with Crippen LogP contribution in [-0.4, -0.2) is 42.7 Å². The molecular formula is C11H8BrClF3N3O3S. The van der Waals surface area contributed by atoms with Crippen LogP contribution < -0.4 is 5.32 Å². The standard InChI is InChI=1S/C11H8BrClF3N3O3S/c1-23(21,22)11-18-8-4(10(19-11)17-2-3(14)15)9(20)6(13)5(12)7(8)16/h3,20H,2H2,1H3,(H,17,18,19). The van der Waals surface area contributed by atoms with Gasteiger partial charge < -0.3 is 10.4 Å². The van der Waals surface area contributed by atoms with Crippen molar-refractivity contribution in [2.75, 3.05) is 18.1 Å². The number of phenols is 1. The predicted octanol–water partition coefficient (Wildman–Crippen LogP) is 2.97. The zero-order valence-electron chi connectivity index (χ0n) is 11.2. The minimum absolute atomic E-state index is 0.345. The van der Waals surface area contributed by atoms with E-state index in [2.05, 4.69) is 31.2 Å². The Balaban J connectivity index is 2.89. The average molecular weight is 435 g/mol. The Morgan fingerprint density at radius 1 is 1.39 bits per heavy atom. The van der Waals surface area contributed by atoms with Gasteiger partial charge in [-0.25, -0.2) is 31.6 Å². The molecule has 1 aromatic carbocycles. The second-order valence-corrected chi connectivity index (χ2v) is 7.49. The number of nitrogens with zero attached hydrogens (tertiary/aromatic N) is 2. The smallest absolute Gasteiger partial charge is 0.255 e. The zero-order valence-corrected chi connectivity index (χ0v) is 14.4. The van der Waals surface area contributed by atoms with Crippen LogP contribution in [0.2, 0.25) is 5.02 Å². The summed E-state index contributed by atoms with van der Waals surface area (Å²) in [5.41, 5.74) is -0.578. The molecule has 0 aliphatic rings. The highest BCUT2D eigenvalue weighted by atomic mass is 79.9. The van der Waals surface area contributed by atoms with Crippen molar-refractivity contribution in [2.45, 2.75) is 11.6 Å². The van der Waals surface area contributed by atoms with Gasteiger partial charge in [-0.05, 0) is 15.9 Å². The van der Waals surface area contributed by atoms with Gasteiger partial charge in [0.2, 0.25) is 15.0 Å². The molecule has 0 radical (unpaired) electrons. The molecule has 2 aromatic rings. The van der Waals surface area contributed by atoms with Crippen LogP contribution in [-0.2, 0) is 9.84 Å². The number of hydrogen-bond acceptors (Lipinski definition) is 6. The molecule has 0 atom stereocenters. The summed E-state index contributed by atoms with van der Waals surface area (Å²) in [7, 11) is -3.95. The van der Waals surface area contributed by atoms with Crippen molar-refractivity contribution in [2.24, 2.45) is 0 Å². The van der Waals surface area contributed by atoms with E-state index in [4.69, 9.17) is 11.6 Å². The molecule has 0 spiro atoms. The van der Waals surface area contributed by atoms with Gasteiger partial charge in [-0.2, -0.15) is 0 Å². The lowest BCUT2D eigenvalue weighted by Crippen LogP contribution is -2.14. The first-order chi connectivity index (χ1) is 10.5. The lowest BCUT2D eigenvalue weighted by Gasteiger charge is -2.13. The number of halogens is 5. The molecule has 0 aliphatic carbocycles. The van der Waals surface area contributed by atoms with Gasteiger partial charge in [-0.1, -0.05) is 11.6 Å². The van der Waals surface area contributed by atoms with Gasteiger partial charge in [-0.3, -0.25) is 0 Å². The predicted molar refractivity (Wildman–Crippen MR) is 81.5 cm³/mol. The Bertz CT molecular complexity index is 895. The highest BCUT2D eigenvalue weighted by Gasteiger charge is 2.25. The molecule has 6 nitrogen and oxygen atoms in total. The van der Waals surface area contributed by atoms with E-state index in [1.807, 2.05) is 0 Å². The molecule has 1 aromatic heterocycles. The average Bonchev–Trinajstić information content (AvgIpc) is 2.46. The molecule has 0 bridgehead atoms. The summed E-state index contributed by atoms with van der Waals surface area (Å²) in [5, 5.41) is 10.6. The second kappa shape index (κ2) is 6.29. The van der Waals surface area contributed by atoms with Gasteiger partial charge in [0.05, 0.1) is 16.4 Å². The van der Waals surface area contributed by atoms with Crippen molar-refractivity contribution in [3.8, 4) is 5.75 Å². The first-order valence-corrected chi connectivity index (χ1v) is 8.89. The van der Waals surface area contributed by atoms with Crippen molar-refractivity contribution in [1.82, 2.24) is 9.97 Å². The van der Waals surface area contributed by atoms with Crippen LogP contribution in [0.25, 0.3) is 10.9 Å². The molecule has 0 amide bonds. The molecule has 126 valence electrons. The normalized spacial score (nSPS) is 12.1. The number of phenolic OH excluding ortho intramolecular Hbond substituents is 1. The molecule has 0 unspecified atom stereocenters. The van der Waals surface area contributed by atoms with Gasteiger partial charge in [0.15, 0.2) is 5.82 Å². The van der Waals surface area contributed by atoms with Crippen LogP contribution >= 0.6 is 27.5 Å². The van der Waals surface area contributed by atoms with E-state index in [9.17, 15) is 26.7 Å². The number of rotatable bonds is 4. The Hall–Kier alpha value is -1.33. The largest absolute Gasteiger partial charge is 0.505 e. The molecule has 12 heteroatoms. The monoisotopic (exact) mass is 433 g/mol. The van der Waals surface area contributed by atoms with Crippen LogP contribution in [0.4, 0.5) is 19.0 Å². The maximum absolute atomic E-state index is 14.3. The Morgan fingerprint density at radius 3 is 2.52 bits per heavy atom. The summed E-state index contributed by atoms with van der Waals surface area (Å²) >= 11 is 8.54.